The summed E-state index contributed by atoms with van der Waals surface area (Å²) in [6.45, 7) is 4.06. The van der Waals surface area contributed by atoms with E-state index in [1.54, 1.807) is 11.3 Å². The van der Waals surface area contributed by atoms with Crippen molar-refractivity contribution in [1.82, 2.24) is 10.4 Å². The lowest BCUT2D eigenvalue weighted by Crippen LogP contribution is -2.59. The van der Waals surface area contributed by atoms with Crippen LogP contribution in [0.2, 0.25) is 5.02 Å². The molecule has 0 aliphatic carbocycles. The summed E-state index contributed by atoms with van der Waals surface area (Å²) in [6.07, 6.45) is 1.57. The highest BCUT2D eigenvalue weighted by molar-refractivity contribution is 7.22. The van der Waals surface area contributed by atoms with Crippen molar-refractivity contribution in [3.05, 3.63) is 102 Å². The van der Waals surface area contributed by atoms with Crippen LogP contribution in [0.25, 0.3) is 10.2 Å². The van der Waals surface area contributed by atoms with Gasteiger partial charge in [0.1, 0.15) is 0 Å². The molecule has 1 N–H and O–H groups in total. The van der Waals surface area contributed by atoms with Gasteiger partial charge in [0.2, 0.25) is 5.13 Å². The summed E-state index contributed by atoms with van der Waals surface area (Å²) >= 11 is 7.73. The molecular formula is C23H18ClN5S. The number of para-hydroxylation sites is 1. The van der Waals surface area contributed by atoms with Crippen molar-refractivity contribution in [1.29, 1.82) is 0 Å². The number of halogens is 1. The van der Waals surface area contributed by atoms with E-state index < -0.39 is 0 Å². The zero-order valence-corrected chi connectivity index (χ0v) is 17.5. The van der Waals surface area contributed by atoms with Gasteiger partial charge < -0.3 is 0 Å². The molecule has 4 aromatic rings. The Morgan fingerprint density at radius 1 is 0.967 bits per heavy atom. The zero-order chi connectivity index (χ0) is 20.5. The number of thiazole rings is 1. The summed E-state index contributed by atoms with van der Waals surface area (Å²) in [7, 11) is 0. The fourth-order valence-electron chi connectivity index (χ4n) is 3.33. The van der Waals surface area contributed by atoms with Crippen LogP contribution in [0.15, 0.2) is 96.6 Å². The van der Waals surface area contributed by atoms with Gasteiger partial charge in [-0.05, 0) is 42.5 Å². The molecule has 5 rings (SSSR count). The molecule has 7 heteroatoms. The van der Waals surface area contributed by atoms with E-state index in [1.165, 1.54) is 0 Å². The molecule has 1 atom stereocenters. The predicted octanol–water partition coefficient (Wildman–Crippen LogP) is 5.65. The van der Waals surface area contributed by atoms with E-state index in [-0.39, 0.29) is 6.17 Å². The molecule has 1 aliphatic heterocycles. The van der Waals surface area contributed by atoms with Crippen molar-refractivity contribution in [2.24, 2.45) is 5.10 Å². The average Bonchev–Trinajstić information content (AvgIpc) is 3.23. The first-order chi connectivity index (χ1) is 14.7. The molecule has 0 fully saturated rings. The molecule has 0 amide bonds. The summed E-state index contributed by atoms with van der Waals surface area (Å²) in [6, 6.07) is 25.8. The third-order valence-electron chi connectivity index (χ3n) is 4.79. The lowest BCUT2D eigenvalue weighted by Gasteiger charge is -2.41. The summed E-state index contributed by atoms with van der Waals surface area (Å²) in [5.74, 6) is 0.725. The predicted molar refractivity (Wildman–Crippen MR) is 126 cm³/mol. The van der Waals surface area contributed by atoms with E-state index in [4.69, 9.17) is 21.7 Å². The number of hydrogen-bond donors (Lipinski definition) is 1. The number of anilines is 2. The summed E-state index contributed by atoms with van der Waals surface area (Å²) in [5, 5.41) is 10.3. The number of rotatable bonds is 4. The lowest BCUT2D eigenvalue weighted by molar-refractivity contribution is 0.591. The first-order valence-corrected chi connectivity index (χ1v) is 10.7. The van der Waals surface area contributed by atoms with Gasteiger partial charge in [-0.15, -0.1) is 0 Å². The Labute approximate surface area is 183 Å². The van der Waals surface area contributed by atoms with Gasteiger partial charge in [-0.3, -0.25) is 5.43 Å². The molecule has 5 nitrogen and oxygen atoms in total. The highest BCUT2D eigenvalue weighted by Gasteiger charge is 2.32. The van der Waals surface area contributed by atoms with Crippen molar-refractivity contribution in [3.63, 3.8) is 0 Å². The third-order valence-corrected chi connectivity index (χ3v) is 6.07. The number of amidine groups is 1. The van der Waals surface area contributed by atoms with Gasteiger partial charge in [0.25, 0.3) is 0 Å². The van der Waals surface area contributed by atoms with Gasteiger partial charge in [-0.25, -0.2) is 15.0 Å². The lowest BCUT2D eigenvalue weighted by atomic mass is 10.2. The Bertz CT molecular complexity index is 1190. The second kappa shape index (κ2) is 7.82. The van der Waals surface area contributed by atoms with E-state index in [9.17, 15) is 0 Å². The van der Waals surface area contributed by atoms with Crippen molar-refractivity contribution < 1.29 is 0 Å². The minimum atomic E-state index is -0.279. The van der Waals surface area contributed by atoms with E-state index in [1.807, 2.05) is 88.9 Å². The maximum absolute atomic E-state index is 6.11. The molecule has 148 valence electrons. The standard InChI is InChI=1S/C23H18ClN5S/c1-2-21-28(18-14-12-17(24)13-15-18)26-22(16-8-4-3-5-9-16)27-29(21)23-25-19-10-6-7-11-20(19)30-23/h2-15,21H,1H2,(H,26,27). The number of hydrogen-bond acceptors (Lipinski definition) is 6. The normalized spacial score (nSPS) is 16.3. The Kier molecular flexibility index (Phi) is 4.86. The molecule has 3 aromatic carbocycles. The number of fused-ring (bicyclic) bond motifs is 1. The molecule has 2 heterocycles. The minimum Gasteiger partial charge on any atom is -0.275 e. The van der Waals surface area contributed by atoms with Gasteiger partial charge >= 0.3 is 0 Å². The Morgan fingerprint density at radius 2 is 1.70 bits per heavy atom. The molecule has 0 bridgehead atoms. The molecule has 1 unspecified atom stereocenters. The number of nitrogens with one attached hydrogen (secondary N) is 1. The minimum absolute atomic E-state index is 0.279. The van der Waals surface area contributed by atoms with Crippen LogP contribution in [0.3, 0.4) is 0 Å². The number of nitrogens with zero attached hydrogens (tertiary/aromatic N) is 4. The fraction of sp³-hybridized carbons (Fsp3) is 0.0435. The van der Waals surface area contributed by atoms with Gasteiger partial charge in [-0.2, -0.15) is 5.10 Å². The van der Waals surface area contributed by atoms with Crippen molar-refractivity contribution in [3.8, 4) is 0 Å². The molecule has 30 heavy (non-hydrogen) atoms. The van der Waals surface area contributed by atoms with E-state index >= 15 is 0 Å². The molecule has 0 saturated carbocycles. The molecule has 1 aromatic heterocycles. The van der Waals surface area contributed by atoms with Gasteiger partial charge in [0.15, 0.2) is 12.0 Å². The monoisotopic (exact) mass is 431 g/mol. The van der Waals surface area contributed by atoms with Crippen molar-refractivity contribution in [2.75, 3.05) is 10.0 Å². The van der Waals surface area contributed by atoms with E-state index in [0.29, 0.717) is 5.02 Å². The number of aromatic nitrogens is 1. The largest absolute Gasteiger partial charge is 0.275 e. The zero-order valence-electron chi connectivity index (χ0n) is 15.9. The van der Waals surface area contributed by atoms with Crippen molar-refractivity contribution >= 4 is 49.8 Å². The first-order valence-electron chi connectivity index (χ1n) is 9.46. The quantitative estimate of drug-likeness (QED) is 0.424. The van der Waals surface area contributed by atoms with Gasteiger partial charge in [-0.1, -0.05) is 72.0 Å². The molecule has 0 saturated heterocycles. The van der Waals surface area contributed by atoms with E-state index in [0.717, 1.165) is 32.4 Å². The molecule has 0 radical (unpaired) electrons. The molecule has 1 aliphatic rings. The second-order valence-corrected chi connectivity index (χ2v) is 8.18. The number of hydrazine groups is 1. The summed E-state index contributed by atoms with van der Waals surface area (Å²) < 4.78 is 1.12. The van der Waals surface area contributed by atoms with Crippen molar-refractivity contribution in [2.45, 2.75) is 6.17 Å². The number of hydrazone groups is 1. The first kappa shape index (κ1) is 18.7. The van der Waals surface area contributed by atoms with Crippen LogP contribution >= 0.6 is 22.9 Å². The molecular weight excluding hydrogens is 414 g/mol. The Balaban J connectivity index is 1.64. The fourth-order valence-corrected chi connectivity index (χ4v) is 4.41. The third kappa shape index (κ3) is 3.40. The average molecular weight is 432 g/mol. The second-order valence-electron chi connectivity index (χ2n) is 6.73. The SMILES string of the molecule is C=CC1N(c2ccc(Cl)cc2)N=C(c2ccccc2)NN1c1nc2ccccc2s1. The van der Waals surface area contributed by atoms with Gasteiger partial charge in [0.05, 0.1) is 15.9 Å². The van der Waals surface area contributed by atoms with Crippen LogP contribution in [-0.2, 0) is 0 Å². The Morgan fingerprint density at radius 3 is 2.43 bits per heavy atom. The smallest absolute Gasteiger partial charge is 0.207 e. The highest BCUT2D eigenvalue weighted by atomic mass is 35.5. The van der Waals surface area contributed by atoms with Gasteiger partial charge in [0, 0.05) is 10.6 Å². The van der Waals surface area contributed by atoms with E-state index in [2.05, 4.69) is 18.1 Å². The van der Waals surface area contributed by atoms with Crippen LogP contribution in [-0.4, -0.2) is 17.0 Å². The topological polar surface area (TPSA) is 43.8 Å². The van der Waals surface area contributed by atoms with Crippen LogP contribution < -0.4 is 15.4 Å². The number of benzene rings is 3. The van der Waals surface area contributed by atoms with Crippen LogP contribution in [0.4, 0.5) is 10.8 Å². The summed E-state index contributed by atoms with van der Waals surface area (Å²) in [4.78, 5) is 4.84. The van der Waals surface area contributed by atoms with Crippen LogP contribution in [0.5, 0.6) is 0 Å². The van der Waals surface area contributed by atoms with Crippen LogP contribution in [0, 0.1) is 0 Å². The highest BCUT2D eigenvalue weighted by Crippen LogP contribution is 2.33. The maximum atomic E-state index is 6.11. The Hall–Kier alpha value is -3.35. The summed E-state index contributed by atoms with van der Waals surface area (Å²) in [5.41, 5.74) is 6.30. The maximum Gasteiger partial charge on any atom is 0.207 e. The van der Waals surface area contributed by atoms with Crippen LogP contribution in [0.1, 0.15) is 5.56 Å². The molecule has 0 spiro atoms.